The van der Waals surface area contributed by atoms with Crippen LogP contribution in [0.15, 0.2) is 24.3 Å². The molecule has 88 valence electrons. The van der Waals surface area contributed by atoms with Crippen molar-refractivity contribution in [1.82, 2.24) is 9.97 Å². The third-order valence-electron chi connectivity index (χ3n) is 2.55. The van der Waals surface area contributed by atoms with Gasteiger partial charge in [-0.2, -0.15) is 0 Å². The zero-order chi connectivity index (χ0) is 12.4. The highest BCUT2D eigenvalue weighted by atomic mass is 16.5. The molecule has 0 saturated heterocycles. The summed E-state index contributed by atoms with van der Waals surface area (Å²) in [5.41, 5.74) is 1.64. The second-order valence-corrected chi connectivity index (χ2v) is 4.10. The third-order valence-corrected chi connectivity index (χ3v) is 2.55. The molecule has 2 aromatic rings. The van der Waals surface area contributed by atoms with Crippen LogP contribution in [-0.4, -0.2) is 23.0 Å². The summed E-state index contributed by atoms with van der Waals surface area (Å²) in [5.74, 6) is -0.154. The molecular formula is C13H14N2O2. The van der Waals surface area contributed by atoms with Gasteiger partial charge < -0.3 is 4.74 Å². The molecule has 4 nitrogen and oxygen atoms in total. The quantitative estimate of drug-likeness (QED) is 0.744. The van der Waals surface area contributed by atoms with E-state index >= 15 is 0 Å². The Kier molecular flexibility index (Phi) is 3.04. The summed E-state index contributed by atoms with van der Waals surface area (Å²) < 4.78 is 4.66. The molecule has 0 atom stereocenters. The van der Waals surface area contributed by atoms with E-state index < -0.39 is 5.97 Å². The van der Waals surface area contributed by atoms with Gasteiger partial charge in [-0.25, -0.2) is 14.8 Å². The van der Waals surface area contributed by atoms with E-state index in [0.29, 0.717) is 0 Å². The maximum atomic E-state index is 11.5. The Morgan fingerprint density at radius 3 is 2.59 bits per heavy atom. The van der Waals surface area contributed by atoms with Crippen LogP contribution in [0.1, 0.15) is 36.1 Å². The normalized spacial score (nSPS) is 10.8. The summed E-state index contributed by atoms with van der Waals surface area (Å²) in [4.78, 5) is 20.0. The third kappa shape index (κ3) is 2.11. The summed E-state index contributed by atoms with van der Waals surface area (Å²) in [6, 6.07) is 7.66. The molecule has 1 heterocycles. The van der Waals surface area contributed by atoms with E-state index in [4.69, 9.17) is 0 Å². The van der Waals surface area contributed by atoms with Crippen molar-refractivity contribution in [3.8, 4) is 0 Å². The summed E-state index contributed by atoms with van der Waals surface area (Å²) >= 11 is 0. The van der Waals surface area contributed by atoms with Gasteiger partial charge in [0.2, 0.25) is 5.82 Å². The van der Waals surface area contributed by atoms with Crippen LogP contribution in [0.25, 0.3) is 10.9 Å². The molecule has 0 amide bonds. The van der Waals surface area contributed by atoms with Crippen molar-refractivity contribution >= 4 is 16.9 Å². The molecule has 0 radical (unpaired) electrons. The van der Waals surface area contributed by atoms with Gasteiger partial charge in [0.25, 0.3) is 0 Å². The minimum atomic E-state index is -0.502. The van der Waals surface area contributed by atoms with Gasteiger partial charge >= 0.3 is 5.97 Å². The first-order valence-corrected chi connectivity index (χ1v) is 5.48. The molecule has 0 aliphatic rings. The summed E-state index contributed by atoms with van der Waals surface area (Å²) in [7, 11) is 1.33. The molecule has 0 bridgehead atoms. The Morgan fingerprint density at radius 1 is 1.24 bits per heavy atom. The van der Waals surface area contributed by atoms with Crippen LogP contribution in [0, 0.1) is 0 Å². The van der Waals surface area contributed by atoms with E-state index in [1.54, 1.807) is 0 Å². The summed E-state index contributed by atoms with van der Waals surface area (Å²) in [6.45, 7) is 4.08. The van der Waals surface area contributed by atoms with Gasteiger partial charge in [-0.3, -0.25) is 0 Å². The number of ether oxygens (including phenoxy) is 1. The first kappa shape index (κ1) is 11.5. The Bertz CT molecular complexity index is 564. The van der Waals surface area contributed by atoms with Crippen molar-refractivity contribution in [3.05, 3.63) is 35.8 Å². The van der Waals surface area contributed by atoms with Crippen molar-refractivity contribution in [2.45, 2.75) is 19.8 Å². The lowest BCUT2D eigenvalue weighted by Crippen LogP contribution is -2.10. The fourth-order valence-electron chi connectivity index (χ4n) is 1.72. The largest absolute Gasteiger partial charge is 0.463 e. The molecular weight excluding hydrogens is 216 g/mol. The highest BCUT2D eigenvalue weighted by Gasteiger charge is 2.15. The Labute approximate surface area is 99.7 Å². The zero-order valence-corrected chi connectivity index (χ0v) is 10.1. The SMILES string of the molecule is COC(=O)c1nc(C(C)C)c2ccccc2n1. The lowest BCUT2D eigenvalue weighted by molar-refractivity contribution is 0.0587. The molecule has 0 aliphatic carbocycles. The monoisotopic (exact) mass is 230 g/mol. The van der Waals surface area contributed by atoms with Crippen LogP contribution in [-0.2, 0) is 4.74 Å². The predicted octanol–water partition coefficient (Wildman–Crippen LogP) is 2.54. The number of para-hydroxylation sites is 1. The van der Waals surface area contributed by atoms with Gasteiger partial charge in [-0.1, -0.05) is 32.0 Å². The summed E-state index contributed by atoms with van der Waals surface area (Å²) in [5, 5.41) is 0.982. The fourth-order valence-corrected chi connectivity index (χ4v) is 1.72. The minimum Gasteiger partial charge on any atom is -0.463 e. The average molecular weight is 230 g/mol. The van der Waals surface area contributed by atoms with Crippen LogP contribution in [0.4, 0.5) is 0 Å². The standard InChI is InChI=1S/C13H14N2O2/c1-8(2)11-9-6-4-5-7-10(9)14-12(15-11)13(16)17-3/h4-8H,1-3H3. The summed E-state index contributed by atoms with van der Waals surface area (Å²) in [6.07, 6.45) is 0. The second kappa shape index (κ2) is 4.49. The van der Waals surface area contributed by atoms with Gasteiger partial charge in [-0.05, 0) is 12.0 Å². The smallest absolute Gasteiger partial charge is 0.376 e. The van der Waals surface area contributed by atoms with Crippen molar-refractivity contribution in [3.63, 3.8) is 0 Å². The van der Waals surface area contributed by atoms with E-state index in [1.807, 2.05) is 38.1 Å². The average Bonchev–Trinajstić information content (AvgIpc) is 2.36. The number of aromatic nitrogens is 2. The van der Waals surface area contributed by atoms with Crippen molar-refractivity contribution in [2.24, 2.45) is 0 Å². The van der Waals surface area contributed by atoms with Crippen molar-refractivity contribution < 1.29 is 9.53 Å². The van der Waals surface area contributed by atoms with E-state index in [-0.39, 0.29) is 11.7 Å². The molecule has 1 aromatic carbocycles. The van der Waals surface area contributed by atoms with Crippen molar-refractivity contribution in [2.75, 3.05) is 7.11 Å². The van der Waals surface area contributed by atoms with E-state index in [1.165, 1.54) is 7.11 Å². The molecule has 0 N–H and O–H groups in total. The Hall–Kier alpha value is -1.97. The number of hydrogen-bond donors (Lipinski definition) is 0. The molecule has 1 aromatic heterocycles. The first-order valence-electron chi connectivity index (χ1n) is 5.48. The van der Waals surface area contributed by atoms with Crippen LogP contribution in [0.2, 0.25) is 0 Å². The van der Waals surface area contributed by atoms with Crippen LogP contribution in [0.3, 0.4) is 0 Å². The lowest BCUT2D eigenvalue weighted by atomic mass is 10.0. The minimum absolute atomic E-state index is 0.120. The number of fused-ring (bicyclic) bond motifs is 1. The molecule has 0 fully saturated rings. The maximum Gasteiger partial charge on any atom is 0.376 e. The number of esters is 1. The zero-order valence-electron chi connectivity index (χ0n) is 10.1. The Morgan fingerprint density at radius 2 is 1.94 bits per heavy atom. The van der Waals surface area contributed by atoms with E-state index in [9.17, 15) is 4.79 Å². The maximum absolute atomic E-state index is 11.5. The van der Waals surface area contributed by atoms with Crippen molar-refractivity contribution in [1.29, 1.82) is 0 Å². The number of hydrogen-bond acceptors (Lipinski definition) is 4. The molecule has 0 spiro atoms. The highest BCUT2D eigenvalue weighted by molar-refractivity contribution is 5.89. The van der Waals surface area contributed by atoms with E-state index in [2.05, 4.69) is 14.7 Å². The molecule has 17 heavy (non-hydrogen) atoms. The molecule has 0 aliphatic heterocycles. The topological polar surface area (TPSA) is 52.1 Å². The number of nitrogens with zero attached hydrogens (tertiary/aromatic N) is 2. The number of methoxy groups -OCH3 is 1. The first-order chi connectivity index (χ1) is 8.13. The second-order valence-electron chi connectivity index (χ2n) is 4.10. The number of carbonyl (C=O) groups is 1. The van der Waals surface area contributed by atoms with Gasteiger partial charge in [-0.15, -0.1) is 0 Å². The molecule has 0 saturated carbocycles. The Balaban J connectivity index is 2.71. The molecule has 4 heteroatoms. The number of benzene rings is 1. The van der Waals surface area contributed by atoms with Crippen LogP contribution in [0.5, 0.6) is 0 Å². The lowest BCUT2D eigenvalue weighted by Gasteiger charge is -2.09. The van der Waals surface area contributed by atoms with Crippen LogP contribution < -0.4 is 0 Å². The van der Waals surface area contributed by atoms with E-state index in [0.717, 1.165) is 16.6 Å². The van der Waals surface area contributed by atoms with Crippen LogP contribution >= 0.6 is 0 Å². The molecule has 2 rings (SSSR count). The highest BCUT2D eigenvalue weighted by Crippen LogP contribution is 2.22. The number of carbonyl (C=O) groups excluding carboxylic acids is 1. The van der Waals surface area contributed by atoms with Gasteiger partial charge in [0, 0.05) is 5.39 Å². The number of rotatable bonds is 2. The fraction of sp³-hybridized carbons (Fsp3) is 0.308. The van der Waals surface area contributed by atoms with Gasteiger partial charge in [0.1, 0.15) is 0 Å². The molecule has 0 unspecified atom stereocenters. The van der Waals surface area contributed by atoms with Gasteiger partial charge in [0.05, 0.1) is 18.3 Å². The van der Waals surface area contributed by atoms with Gasteiger partial charge in [0.15, 0.2) is 0 Å². The predicted molar refractivity (Wildman–Crippen MR) is 65.0 cm³/mol.